The maximum Gasteiger partial charge on any atom is 0.309 e. The summed E-state index contributed by atoms with van der Waals surface area (Å²) in [6.07, 6.45) is 6.24. The van der Waals surface area contributed by atoms with E-state index in [0.29, 0.717) is 12.8 Å². The van der Waals surface area contributed by atoms with Gasteiger partial charge in [0.25, 0.3) is 0 Å². The lowest BCUT2D eigenvalue weighted by molar-refractivity contribution is -0.151. The van der Waals surface area contributed by atoms with Crippen LogP contribution < -0.4 is 0 Å². The van der Waals surface area contributed by atoms with Gasteiger partial charge in [-0.2, -0.15) is 0 Å². The second-order valence-electron chi connectivity index (χ2n) is 9.18. The average Bonchev–Trinajstić information content (AvgIpc) is 3.17. The van der Waals surface area contributed by atoms with Gasteiger partial charge in [0, 0.05) is 29.6 Å². The number of aryl methyl sites for hydroxylation is 1. The summed E-state index contributed by atoms with van der Waals surface area (Å²) in [7, 11) is 0. The van der Waals surface area contributed by atoms with Crippen LogP contribution >= 0.6 is 11.3 Å². The predicted octanol–water partition coefficient (Wildman–Crippen LogP) is 4.65. The maximum atomic E-state index is 12.8. The first-order valence-corrected chi connectivity index (χ1v) is 12.4. The molecule has 1 unspecified atom stereocenters. The summed E-state index contributed by atoms with van der Waals surface area (Å²) < 4.78 is 5.74. The van der Waals surface area contributed by atoms with Crippen LogP contribution in [0.4, 0.5) is 0 Å². The quantitative estimate of drug-likeness (QED) is 0.477. The fourth-order valence-electron chi connectivity index (χ4n) is 3.86. The van der Waals surface area contributed by atoms with E-state index in [1.54, 1.807) is 25.2 Å². The summed E-state index contributed by atoms with van der Waals surface area (Å²) in [5.41, 5.74) is 2.79. The Morgan fingerprint density at radius 3 is 2.52 bits per heavy atom. The van der Waals surface area contributed by atoms with Gasteiger partial charge in [-0.1, -0.05) is 44.6 Å². The molecule has 0 aliphatic carbocycles. The molecule has 0 bridgehead atoms. The molecule has 0 fully saturated rings. The Morgan fingerprint density at radius 1 is 1.18 bits per heavy atom. The lowest BCUT2D eigenvalue weighted by Gasteiger charge is -2.27. The molecule has 182 valence electrons. The number of Topliss-reactive ketones (excluding diaryl/α,β-unsaturated/α-hetero) is 1. The molecule has 7 heteroatoms. The Morgan fingerprint density at radius 2 is 1.88 bits per heavy atom. The fraction of sp³-hybridized carbons (Fsp3) is 0.577. The van der Waals surface area contributed by atoms with Crippen LogP contribution in [0.25, 0.3) is 6.08 Å². The van der Waals surface area contributed by atoms with E-state index in [-0.39, 0.29) is 18.1 Å². The summed E-state index contributed by atoms with van der Waals surface area (Å²) in [6, 6.07) is 0. The third kappa shape index (κ3) is 8.02. The van der Waals surface area contributed by atoms with Gasteiger partial charge in [0.2, 0.25) is 0 Å². The molecule has 1 aromatic heterocycles. The van der Waals surface area contributed by atoms with E-state index in [0.717, 1.165) is 21.8 Å². The van der Waals surface area contributed by atoms with Gasteiger partial charge in [0.15, 0.2) is 0 Å². The summed E-state index contributed by atoms with van der Waals surface area (Å²) in [4.78, 5) is 29.9. The zero-order chi connectivity index (χ0) is 24.7. The number of thiazole rings is 1. The summed E-state index contributed by atoms with van der Waals surface area (Å²) in [6.45, 7) is 11.0. The van der Waals surface area contributed by atoms with Crippen LogP contribution in [-0.2, 0) is 14.3 Å². The highest BCUT2D eigenvalue weighted by Crippen LogP contribution is 2.24. The van der Waals surface area contributed by atoms with Gasteiger partial charge in [-0.05, 0) is 38.8 Å². The average molecular weight is 476 g/mol. The smallest absolute Gasteiger partial charge is 0.309 e. The first-order valence-electron chi connectivity index (χ1n) is 11.5. The largest absolute Gasteiger partial charge is 0.457 e. The second-order valence-corrected chi connectivity index (χ2v) is 10.2. The van der Waals surface area contributed by atoms with Crippen LogP contribution in [0.15, 0.2) is 34.8 Å². The predicted molar refractivity (Wildman–Crippen MR) is 132 cm³/mol. The van der Waals surface area contributed by atoms with Gasteiger partial charge in [-0.15, -0.1) is 11.3 Å². The molecule has 2 N–H and O–H groups in total. The number of rotatable bonds is 2. The minimum Gasteiger partial charge on any atom is -0.457 e. The molecule has 0 saturated heterocycles. The van der Waals surface area contributed by atoms with Crippen LogP contribution in [0, 0.1) is 24.7 Å². The highest BCUT2D eigenvalue weighted by Gasteiger charge is 2.33. The van der Waals surface area contributed by atoms with Gasteiger partial charge >= 0.3 is 5.97 Å². The number of cyclic esters (lactones) is 1. The van der Waals surface area contributed by atoms with Gasteiger partial charge in [0.1, 0.15) is 11.9 Å². The molecule has 33 heavy (non-hydrogen) atoms. The van der Waals surface area contributed by atoms with E-state index in [4.69, 9.17) is 4.74 Å². The number of carbonyl (C=O) groups excluding carboxylic acids is 2. The number of allylic oxidation sites excluding steroid dienone is 2. The molecule has 2 rings (SSSR count). The lowest BCUT2D eigenvalue weighted by atomic mass is 9.83. The third-order valence-corrected chi connectivity index (χ3v) is 7.05. The van der Waals surface area contributed by atoms with Crippen molar-refractivity contribution in [2.75, 3.05) is 0 Å². The number of aliphatic hydroxyl groups is 2. The highest BCUT2D eigenvalue weighted by molar-refractivity contribution is 7.09. The van der Waals surface area contributed by atoms with Gasteiger partial charge < -0.3 is 14.9 Å². The molecule has 0 radical (unpaired) electrons. The van der Waals surface area contributed by atoms with Crippen molar-refractivity contribution in [3.05, 3.63) is 45.5 Å². The van der Waals surface area contributed by atoms with E-state index in [9.17, 15) is 19.8 Å². The van der Waals surface area contributed by atoms with E-state index in [1.165, 1.54) is 0 Å². The zero-order valence-corrected chi connectivity index (χ0v) is 21.3. The van der Waals surface area contributed by atoms with Crippen molar-refractivity contribution in [3.8, 4) is 0 Å². The highest BCUT2D eigenvalue weighted by atomic mass is 32.1. The van der Waals surface area contributed by atoms with Crippen molar-refractivity contribution >= 4 is 29.2 Å². The van der Waals surface area contributed by atoms with Crippen molar-refractivity contribution in [3.63, 3.8) is 0 Å². The van der Waals surface area contributed by atoms with Crippen LogP contribution in [0.1, 0.15) is 64.6 Å². The molecule has 1 aliphatic heterocycles. The molecule has 0 aromatic carbocycles. The Balaban J connectivity index is 2.32. The molecule has 2 heterocycles. The van der Waals surface area contributed by atoms with E-state index in [2.05, 4.69) is 4.98 Å². The normalized spacial score (nSPS) is 33.8. The number of aliphatic hydroxyl groups excluding tert-OH is 2. The number of hydrogen-bond acceptors (Lipinski definition) is 7. The van der Waals surface area contributed by atoms with Gasteiger partial charge in [0.05, 0.1) is 29.3 Å². The van der Waals surface area contributed by atoms with Crippen molar-refractivity contribution in [1.82, 2.24) is 4.98 Å². The molecule has 0 spiro atoms. The fourth-order valence-corrected chi connectivity index (χ4v) is 4.43. The van der Waals surface area contributed by atoms with Crippen LogP contribution in [0.3, 0.4) is 0 Å². The Hall–Kier alpha value is -2.09. The molecule has 0 amide bonds. The maximum absolute atomic E-state index is 12.8. The summed E-state index contributed by atoms with van der Waals surface area (Å²) >= 11 is 1.56. The van der Waals surface area contributed by atoms with Crippen LogP contribution in [-0.4, -0.2) is 45.3 Å². The molecule has 1 aromatic rings. The molecule has 6 atom stereocenters. The first-order chi connectivity index (χ1) is 15.5. The molecule has 0 saturated carbocycles. The lowest BCUT2D eigenvalue weighted by Crippen LogP contribution is -2.38. The van der Waals surface area contributed by atoms with Crippen molar-refractivity contribution in [2.45, 2.75) is 79.1 Å². The Kier molecular flexibility index (Phi) is 10.2. The first kappa shape index (κ1) is 27.2. The van der Waals surface area contributed by atoms with E-state index in [1.807, 2.05) is 57.4 Å². The number of esters is 1. The van der Waals surface area contributed by atoms with Crippen molar-refractivity contribution < 1.29 is 24.5 Å². The number of aromatic nitrogens is 1. The minimum absolute atomic E-state index is 0.210. The van der Waals surface area contributed by atoms with Crippen LogP contribution in [0.5, 0.6) is 0 Å². The third-order valence-electron chi connectivity index (χ3n) is 6.26. The molecular formula is C26H37NO5S. The molecular weight excluding hydrogens is 438 g/mol. The zero-order valence-electron chi connectivity index (χ0n) is 20.4. The number of ether oxygens (including phenoxy) is 1. The van der Waals surface area contributed by atoms with E-state index >= 15 is 0 Å². The Labute approximate surface area is 201 Å². The van der Waals surface area contributed by atoms with Gasteiger partial charge in [-0.25, -0.2) is 4.98 Å². The SMILES string of the molecule is C/C1=C/C[C@@H](/C(C)=C/c2csc(C)n2)OC(=O)C[C@H](O)C(C)C(=O)[C@H](C)[C@@H](O)[C@@H](C)/C=C\C1. The Bertz CT molecular complexity index is 916. The minimum atomic E-state index is -1.18. The van der Waals surface area contributed by atoms with Crippen molar-refractivity contribution in [2.24, 2.45) is 17.8 Å². The van der Waals surface area contributed by atoms with Gasteiger partial charge in [-0.3, -0.25) is 9.59 Å². The second kappa shape index (κ2) is 12.4. The number of hydrogen-bond donors (Lipinski definition) is 2. The summed E-state index contributed by atoms with van der Waals surface area (Å²) in [5.74, 6) is -2.49. The topological polar surface area (TPSA) is 96.7 Å². The standard InChI is InChI=1S/C26H37NO5S/c1-15-8-7-9-16(2)25(30)19(5)26(31)18(4)22(28)13-24(29)32-23(11-10-15)17(3)12-21-14-33-20(6)27-21/h7,9-10,12,14,16,18-19,22-23,25,28,30H,8,11,13H2,1-6H3/b9-7-,15-10-,17-12+/t16-,18?,19+,22-,23-,25-/m0/s1. The van der Waals surface area contributed by atoms with Crippen molar-refractivity contribution in [1.29, 1.82) is 0 Å². The number of nitrogens with zero attached hydrogens (tertiary/aromatic N) is 1. The van der Waals surface area contributed by atoms with Crippen LogP contribution in [0.2, 0.25) is 0 Å². The monoisotopic (exact) mass is 475 g/mol. The summed E-state index contributed by atoms with van der Waals surface area (Å²) in [5, 5.41) is 24.1. The number of ketones is 1. The molecule has 1 aliphatic rings. The molecule has 6 nitrogen and oxygen atoms in total. The van der Waals surface area contributed by atoms with E-state index < -0.39 is 36.1 Å². The number of carbonyl (C=O) groups is 2.